The number of rotatable bonds is 9. The molecular formula is C18H36O2. The maximum absolute atomic E-state index is 12.0. The van der Waals surface area contributed by atoms with Crippen LogP contribution in [0.2, 0.25) is 0 Å². The quantitative estimate of drug-likeness (QED) is 0.529. The maximum atomic E-state index is 12.0. The van der Waals surface area contributed by atoms with Gasteiger partial charge in [-0.3, -0.25) is 4.79 Å². The van der Waals surface area contributed by atoms with Crippen molar-refractivity contribution in [3.63, 3.8) is 0 Å². The Labute approximate surface area is 127 Å². The van der Waals surface area contributed by atoms with Crippen molar-refractivity contribution in [2.45, 2.75) is 86.9 Å². The van der Waals surface area contributed by atoms with Crippen LogP contribution in [-0.2, 0) is 9.53 Å². The Morgan fingerprint density at radius 2 is 1.65 bits per heavy atom. The minimum atomic E-state index is 0.140. The van der Waals surface area contributed by atoms with E-state index in [-0.39, 0.29) is 24.0 Å². The lowest BCUT2D eigenvalue weighted by atomic mass is 9.88. The Morgan fingerprint density at radius 3 is 2.00 bits per heavy atom. The number of hydrogen-bond donors (Lipinski definition) is 0. The zero-order valence-electron chi connectivity index (χ0n) is 14.9. The topological polar surface area (TPSA) is 26.3 Å². The van der Waals surface area contributed by atoms with Gasteiger partial charge in [0, 0.05) is 11.8 Å². The predicted molar refractivity (Wildman–Crippen MR) is 89.0 cm³/mol. The third kappa shape index (κ3) is 10.2. The van der Waals surface area contributed by atoms with Crippen molar-refractivity contribution < 1.29 is 9.53 Å². The molecule has 0 aliphatic carbocycles. The monoisotopic (exact) mass is 284 g/mol. The Morgan fingerprint density at radius 1 is 1.10 bits per heavy atom. The van der Waals surface area contributed by atoms with Gasteiger partial charge in [-0.15, -0.1) is 0 Å². The number of carbonyl (C=O) groups is 1. The van der Waals surface area contributed by atoms with Crippen LogP contribution in [0.3, 0.4) is 0 Å². The smallest absolute Gasteiger partial charge is 0.138 e. The van der Waals surface area contributed by atoms with E-state index in [1.165, 1.54) is 0 Å². The van der Waals surface area contributed by atoms with E-state index in [2.05, 4.69) is 13.0 Å². The third-order valence-corrected chi connectivity index (χ3v) is 3.12. The molecule has 0 aliphatic rings. The van der Waals surface area contributed by atoms with Gasteiger partial charge in [0.15, 0.2) is 0 Å². The lowest BCUT2D eigenvalue weighted by Gasteiger charge is -2.21. The summed E-state index contributed by atoms with van der Waals surface area (Å²) in [5.74, 6) is 0.718. The first kappa shape index (κ1) is 21.7. The molecular weight excluding hydrogens is 248 g/mol. The van der Waals surface area contributed by atoms with Crippen molar-refractivity contribution in [1.29, 1.82) is 0 Å². The molecule has 2 nitrogen and oxygen atoms in total. The number of ether oxygens (including phenoxy) is 1. The fourth-order valence-electron chi connectivity index (χ4n) is 2.16. The summed E-state index contributed by atoms with van der Waals surface area (Å²) >= 11 is 0. The van der Waals surface area contributed by atoms with Crippen molar-refractivity contribution >= 4 is 5.78 Å². The summed E-state index contributed by atoms with van der Waals surface area (Å²) in [5.41, 5.74) is 0. The van der Waals surface area contributed by atoms with Gasteiger partial charge in [0.25, 0.3) is 0 Å². The molecule has 0 aromatic carbocycles. The number of allylic oxidation sites excluding steroid dienone is 1. The number of hydrogen-bond acceptors (Lipinski definition) is 2. The summed E-state index contributed by atoms with van der Waals surface area (Å²) in [4.78, 5) is 12.0. The molecule has 0 spiro atoms. The lowest BCUT2D eigenvalue weighted by Crippen LogP contribution is -2.22. The van der Waals surface area contributed by atoms with Crippen LogP contribution in [-0.4, -0.2) is 18.0 Å². The van der Waals surface area contributed by atoms with Gasteiger partial charge in [0.05, 0.1) is 12.2 Å². The molecule has 2 atom stereocenters. The minimum absolute atomic E-state index is 0.140. The number of ketones is 1. The molecule has 0 heterocycles. The van der Waals surface area contributed by atoms with Gasteiger partial charge >= 0.3 is 0 Å². The molecule has 0 fully saturated rings. The van der Waals surface area contributed by atoms with E-state index in [0.717, 1.165) is 19.3 Å². The Bertz CT molecular complexity index is 254. The molecule has 0 saturated heterocycles. The van der Waals surface area contributed by atoms with Crippen LogP contribution < -0.4 is 0 Å². The Balaban J connectivity index is 0. The summed E-state index contributed by atoms with van der Waals surface area (Å²) in [6, 6.07) is 0. The second kappa shape index (κ2) is 13.4. The summed E-state index contributed by atoms with van der Waals surface area (Å²) < 4.78 is 5.83. The van der Waals surface area contributed by atoms with Crippen LogP contribution in [0.4, 0.5) is 0 Å². The van der Waals surface area contributed by atoms with Crippen LogP contribution >= 0.6 is 0 Å². The summed E-state index contributed by atoms with van der Waals surface area (Å²) in [5, 5.41) is 0. The van der Waals surface area contributed by atoms with E-state index >= 15 is 0 Å². The standard InChI is InChI=1S/C16H30O2.C2H6/c1-7-9-15(18-13(5)6)11-10-14(8-2)16(17)12(3)4;1-2/h7,9,12-15H,8,10-11H2,1-6H3;1-2H3/b9-7+;. The Hall–Kier alpha value is -0.630. The molecule has 2 heteroatoms. The predicted octanol–water partition coefficient (Wildman–Crippen LogP) is 5.41. The van der Waals surface area contributed by atoms with Crippen LogP contribution in [0.1, 0.15) is 74.7 Å². The molecule has 20 heavy (non-hydrogen) atoms. The van der Waals surface area contributed by atoms with Gasteiger partial charge in [0.1, 0.15) is 5.78 Å². The molecule has 0 aliphatic heterocycles. The van der Waals surface area contributed by atoms with E-state index < -0.39 is 0 Å². The van der Waals surface area contributed by atoms with Crippen LogP contribution in [0.5, 0.6) is 0 Å². The van der Waals surface area contributed by atoms with E-state index in [0.29, 0.717) is 5.78 Å². The molecule has 0 N–H and O–H groups in total. The molecule has 0 radical (unpaired) electrons. The first-order valence-corrected chi connectivity index (χ1v) is 8.24. The van der Waals surface area contributed by atoms with Crippen molar-refractivity contribution in [1.82, 2.24) is 0 Å². The highest BCUT2D eigenvalue weighted by molar-refractivity contribution is 5.82. The Kier molecular flexibility index (Phi) is 14.5. The summed E-state index contributed by atoms with van der Waals surface area (Å²) in [6.07, 6.45) is 7.27. The summed E-state index contributed by atoms with van der Waals surface area (Å²) in [6.45, 7) is 16.2. The first-order valence-electron chi connectivity index (χ1n) is 8.24. The first-order chi connectivity index (χ1) is 9.42. The highest BCUT2D eigenvalue weighted by atomic mass is 16.5. The highest BCUT2D eigenvalue weighted by Gasteiger charge is 2.20. The fourth-order valence-corrected chi connectivity index (χ4v) is 2.16. The minimum Gasteiger partial charge on any atom is -0.372 e. The van der Waals surface area contributed by atoms with Crippen LogP contribution in [0.25, 0.3) is 0 Å². The highest BCUT2D eigenvalue weighted by Crippen LogP contribution is 2.20. The molecule has 0 amide bonds. The molecule has 120 valence electrons. The molecule has 0 bridgehead atoms. The van der Waals surface area contributed by atoms with E-state index in [1.807, 2.05) is 54.5 Å². The van der Waals surface area contributed by atoms with E-state index in [4.69, 9.17) is 4.74 Å². The lowest BCUT2D eigenvalue weighted by molar-refractivity contribution is -0.126. The maximum Gasteiger partial charge on any atom is 0.138 e. The van der Waals surface area contributed by atoms with Crippen molar-refractivity contribution in [3.8, 4) is 0 Å². The fraction of sp³-hybridized carbons (Fsp3) is 0.833. The van der Waals surface area contributed by atoms with Gasteiger partial charge in [-0.1, -0.05) is 46.8 Å². The molecule has 0 aromatic heterocycles. The molecule has 0 saturated carbocycles. The largest absolute Gasteiger partial charge is 0.372 e. The van der Waals surface area contributed by atoms with E-state index in [1.54, 1.807) is 0 Å². The third-order valence-electron chi connectivity index (χ3n) is 3.12. The number of carbonyl (C=O) groups excluding carboxylic acids is 1. The zero-order valence-corrected chi connectivity index (χ0v) is 14.9. The normalized spacial score (nSPS) is 14.3. The van der Waals surface area contributed by atoms with Crippen LogP contribution in [0.15, 0.2) is 12.2 Å². The molecule has 0 aromatic rings. The van der Waals surface area contributed by atoms with Gasteiger partial charge in [-0.05, 0) is 40.0 Å². The SMILES string of the molecule is C/C=C/C(CCC(CC)C(=O)C(C)C)OC(C)C.CC. The zero-order chi connectivity index (χ0) is 16.1. The van der Waals surface area contributed by atoms with Gasteiger partial charge in [-0.2, -0.15) is 0 Å². The van der Waals surface area contributed by atoms with Gasteiger partial charge in [-0.25, -0.2) is 0 Å². The van der Waals surface area contributed by atoms with Gasteiger partial charge < -0.3 is 4.74 Å². The second-order valence-electron chi connectivity index (χ2n) is 5.49. The summed E-state index contributed by atoms with van der Waals surface area (Å²) in [7, 11) is 0. The molecule has 0 rings (SSSR count). The van der Waals surface area contributed by atoms with E-state index in [9.17, 15) is 4.79 Å². The number of Topliss-reactive ketones (excluding diaryl/α,β-unsaturated/α-hetero) is 1. The molecule has 2 unspecified atom stereocenters. The average Bonchev–Trinajstić information content (AvgIpc) is 2.40. The van der Waals surface area contributed by atoms with Crippen molar-refractivity contribution in [3.05, 3.63) is 12.2 Å². The van der Waals surface area contributed by atoms with Gasteiger partial charge in [0.2, 0.25) is 0 Å². The second-order valence-corrected chi connectivity index (χ2v) is 5.49. The van der Waals surface area contributed by atoms with Crippen molar-refractivity contribution in [2.24, 2.45) is 11.8 Å². The van der Waals surface area contributed by atoms with Crippen LogP contribution in [0, 0.1) is 11.8 Å². The average molecular weight is 284 g/mol. The van der Waals surface area contributed by atoms with Crippen molar-refractivity contribution in [2.75, 3.05) is 0 Å².